The molecule has 2 amide bonds. The zero-order chi connectivity index (χ0) is 30.9. The Balaban J connectivity index is 2.10. The molecule has 0 bridgehead atoms. The molecule has 0 spiro atoms. The average molecular weight is 709 g/mol. The molecule has 12 heteroatoms. The summed E-state index contributed by atoms with van der Waals surface area (Å²) < 4.78 is 80.5. The normalized spacial score (nSPS) is 12.4. The van der Waals surface area contributed by atoms with Crippen molar-refractivity contribution < 1.29 is 35.9 Å². The van der Waals surface area contributed by atoms with Crippen LogP contribution in [0.15, 0.2) is 54.6 Å². The van der Waals surface area contributed by atoms with E-state index < -0.39 is 40.8 Å². The van der Waals surface area contributed by atoms with Crippen LogP contribution in [0.1, 0.15) is 62.4 Å². The summed E-state index contributed by atoms with van der Waals surface area (Å²) in [6, 6.07) is 11.1. The van der Waals surface area contributed by atoms with Crippen molar-refractivity contribution in [2.24, 2.45) is 5.73 Å². The van der Waals surface area contributed by atoms with Crippen LogP contribution < -0.4 is 10.6 Å². The van der Waals surface area contributed by atoms with Gasteiger partial charge < -0.3 is 10.6 Å². The lowest BCUT2D eigenvalue weighted by Crippen LogP contribution is -2.50. The van der Waals surface area contributed by atoms with E-state index in [1.54, 1.807) is 42.2 Å². The SMILES string of the molecule is CSCC(C)(C)N(C(=O)c1cccc(I)c1C(N)=O)c1ccc(Cc2cc(C(F)(F)F)cc(C(F)(F)F)c2)cc1C. The predicted molar refractivity (Wildman–Crippen MR) is 157 cm³/mol. The topological polar surface area (TPSA) is 63.4 Å². The fourth-order valence-corrected chi connectivity index (χ4v) is 6.24. The molecule has 0 radical (unpaired) electrons. The highest BCUT2D eigenvalue weighted by atomic mass is 127. The van der Waals surface area contributed by atoms with Crippen molar-refractivity contribution in [2.75, 3.05) is 16.9 Å². The summed E-state index contributed by atoms with van der Waals surface area (Å²) in [7, 11) is 0. The van der Waals surface area contributed by atoms with Crippen molar-refractivity contribution in [3.63, 3.8) is 0 Å². The number of aryl methyl sites for hydroxylation is 1. The molecule has 0 aliphatic heterocycles. The minimum Gasteiger partial charge on any atom is -0.366 e. The van der Waals surface area contributed by atoms with Crippen LogP contribution in [-0.4, -0.2) is 29.4 Å². The third kappa shape index (κ3) is 7.56. The maximum Gasteiger partial charge on any atom is 0.416 e. The van der Waals surface area contributed by atoms with Gasteiger partial charge in [-0.15, -0.1) is 0 Å². The quantitative estimate of drug-likeness (QED) is 0.190. The number of alkyl halides is 6. The van der Waals surface area contributed by atoms with Crippen molar-refractivity contribution in [3.8, 4) is 0 Å². The lowest BCUT2D eigenvalue weighted by molar-refractivity contribution is -0.143. The highest BCUT2D eigenvalue weighted by Gasteiger charge is 2.38. The molecule has 4 nitrogen and oxygen atoms in total. The van der Waals surface area contributed by atoms with Crippen LogP contribution >= 0.6 is 34.4 Å². The second-order valence-electron chi connectivity index (χ2n) is 10.1. The molecular weight excluding hydrogens is 681 g/mol. The number of carbonyl (C=O) groups excluding carboxylic acids is 2. The molecular formula is C29H27F6IN2O2S. The first-order valence-electron chi connectivity index (χ1n) is 12.2. The van der Waals surface area contributed by atoms with E-state index in [9.17, 15) is 35.9 Å². The van der Waals surface area contributed by atoms with Crippen molar-refractivity contribution >= 4 is 51.9 Å². The van der Waals surface area contributed by atoms with E-state index in [4.69, 9.17) is 5.73 Å². The standard InChI is InChI=1S/C29H27F6IN2O2S/c1-16-10-17(11-18-12-19(28(30,31)32)14-20(13-18)29(33,34)35)8-9-23(16)38(27(2,3)15-41-4)26(40)21-6-5-7-22(36)24(21)25(37)39/h5-10,12-14H,11,15H2,1-4H3,(H2,37,39). The Labute approximate surface area is 251 Å². The minimum absolute atomic E-state index is 0.0855. The number of halogens is 7. The van der Waals surface area contributed by atoms with Gasteiger partial charge in [0, 0.05) is 15.0 Å². The Hall–Kier alpha value is -2.74. The number of benzene rings is 3. The van der Waals surface area contributed by atoms with Crippen LogP contribution in [0.25, 0.3) is 0 Å². The third-order valence-electron chi connectivity index (χ3n) is 6.35. The molecule has 2 N–H and O–H groups in total. The smallest absolute Gasteiger partial charge is 0.366 e. The van der Waals surface area contributed by atoms with E-state index in [-0.39, 0.29) is 29.2 Å². The Morgan fingerprint density at radius 3 is 1.98 bits per heavy atom. The molecule has 3 aromatic rings. The summed E-state index contributed by atoms with van der Waals surface area (Å²) in [4.78, 5) is 27.8. The number of nitrogens with two attached hydrogens (primary N) is 1. The molecule has 0 atom stereocenters. The predicted octanol–water partition coefficient (Wildman–Crippen LogP) is 8.12. The van der Waals surface area contributed by atoms with Crippen LogP contribution in [0.3, 0.4) is 0 Å². The summed E-state index contributed by atoms with van der Waals surface area (Å²) in [6.07, 6.45) is -8.21. The highest BCUT2D eigenvalue weighted by molar-refractivity contribution is 14.1. The molecule has 0 aliphatic carbocycles. The van der Waals surface area contributed by atoms with Crippen molar-refractivity contribution in [1.29, 1.82) is 0 Å². The number of carbonyl (C=O) groups is 2. The second-order valence-corrected chi connectivity index (χ2v) is 12.2. The number of thioether (sulfide) groups is 1. The summed E-state index contributed by atoms with van der Waals surface area (Å²) in [5.41, 5.74) is 3.63. The van der Waals surface area contributed by atoms with Gasteiger partial charge in [-0.3, -0.25) is 9.59 Å². The van der Waals surface area contributed by atoms with E-state index in [0.717, 1.165) is 0 Å². The first-order chi connectivity index (χ1) is 18.9. The van der Waals surface area contributed by atoms with Gasteiger partial charge in [0.25, 0.3) is 11.8 Å². The van der Waals surface area contributed by atoms with Crippen LogP contribution in [0.4, 0.5) is 32.0 Å². The van der Waals surface area contributed by atoms with E-state index in [0.29, 0.717) is 38.3 Å². The van der Waals surface area contributed by atoms with Crippen LogP contribution in [0, 0.1) is 10.5 Å². The Morgan fingerprint density at radius 2 is 1.49 bits per heavy atom. The van der Waals surface area contributed by atoms with E-state index in [1.165, 1.54) is 17.8 Å². The number of primary amides is 1. The van der Waals surface area contributed by atoms with Crippen LogP contribution in [-0.2, 0) is 18.8 Å². The third-order valence-corrected chi connectivity index (χ3v) is 8.25. The molecule has 3 aromatic carbocycles. The lowest BCUT2D eigenvalue weighted by Gasteiger charge is -2.39. The van der Waals surface area contributed by atoms with Crippen molar-refractivity contribution in [1.82, 2.24) is 0 Å². The summed E-state index contributed by atoms with van der Waals surface area (Å²) in [6.45, 7) is 5.41. The Bertz CT molecular complexity index is 1440. The maximum atomic E-state index is 14.0. The number of nitrogens with zero attached hydrogens (tertiary/aromatic N) is 1. The maximum absolute atomic E-state index is 14.0. The number of anilines is 1. The molecule has 0 heterocycles. The monoisotopic (exact) mass is 708 g/mol. The fraction of sp³-hybridized carbons (Fsp3) is 0.310. The minimum atomic E-state index is -4.95. The zero-order valence-corrected chi connectivity index (χ0v) is 25.5. The van der Waals surface area contributed by atoms with Gasteiger partial charge in [0.1, 0.15) is 0 Å². The molecule has 0 unspecified atom stereocenters. The van der Waals surface area contributed by atoms with Gasteiger partial charge >= 0.3 is 12.4 Å². The molecule has 0 saturated carbocycles. The molecule has 220 valence electrons. The van der Waals surface area contributed by atoms with Crippen molar-refractivity contribution in [2.45, 2.75) is 45.1 Å². The Kier molecular flexibility index (Phi) is 9.78. The average Bonchev–Trinajstić information content (AvgIpc) is 2.83. The number of rotatable bonds is 8. The van der Waals surface area contributed by atoms with Crippen LogP contribution in [0.5, 0.6) is 0 Å². The van der Waals surface area contributed by atoms with Crippen LogP contribution in [0.2, 0.25) is 0 Å². The molecule has 0 saturated heterocycles. The van der Waals surface area contributed by atoms with Gasteiger partial charge in [0.2, 0.25) is 0 Å². The van der Waals surface area contributed by atoms with Gasteiger partial charge in [0.15, 0.2) is 0 Å². The van der Waals surface area contributed by atoms with Gasteiger partial charge in [-0.1, -0.05) is 18.2 Å². The summed E-state index contributed by atoms with van der Waals surface area (Å²) in [5.74, 6) is -0.715. The number of hydrogen-bond acceptors (Lipinski definition) is 3. The van der Waals surface area contributed by atoms with E-state index >= 15 is 0 Å². The second kappa shape index (κ2) is 12.2. The van der Waals surface area contributed by atoms with Crippen molar-refractivity contribution in [3.05, 3.63) is 97.1 Å². The van der Waals surface area contributed by atoms with Gasteiger partial charge in [-0.05, 0) is 109 Å². The largest absolute Gasteiger partial charge is 0.416 e. The first kappa shape index (κ1) is 32.8. The number of amides is 2. The molecule has 0 aromatic heterocycles. The van der Waals surface area contributed by atoms with Gasteiger partial charge in [-0.2, -0.15) is 38.1 Å². The zero-order valence-electron chi connectivity index (χ0n) is 22.5. The molecule has 0 fully saturated rings. The Morgan fingerprint density at radius 1 is 0.902 bits per heavy atom. The summed E-state index contributed by atoms with van der Waals surface area (Å²) in [5, 5.41) is 0. The van der Waals surface area contributed by atoms with E-state index in [1.807, 2.05) is 42.7 Å². The fourth-order valence-electron chi connectivity index (χ4n) is 4.64. The molecule has 0 aliphatic rings. The molecule has 41 heavy (non-hydrogen) atoms. The number of hydrogen-bond donors (Lipinski definition) is 1. The lowest BCUT2D eigenvalue weighted by atomic mass is 9.95. The summed E-state index contributed by atoms with van der Waals surface area (Å²) >= 11 is 3.43. The molecule has 3 rings (SSSR count). The van der Waals surface area contributed by atoms with E-state index in [2.05, 4.69) is 0 Å². The first-order valence-corrected chi connectivity index (χ1v) is 14.6. The highest BCUT2D eigenvalue weighted by Crippen LogP contribution is 2.38. The van der Waals surface area contributed by atoms with Gasteiger partial charge in [-0.25, -0.2) is 0 Å². The van der Waals surface area contributed by atoms with Gasteiger partial charge in [0.05, 0.1) is 27.8 Å².